The fraction of sp³-hybridized carbons (Fsp3) is 0.133. The Bertz CT molecular complexity index is 725. The highest BCUT2D eigenvalue weighted by atomic mass is 19.1. The van der Waals surface area contributed by atoms with Gasteiger partial charge in [-0.2, -0.15) is 5.26 Å². The number of nitro benzene ring substituents is 1. The molecule has 106 valence electrons. The third-order valence-electron chi connectivity index (χ3n) is 2.99. The zero-order valence-corrected chi connectivity index (χ0v) is 11.3. The van der Waals surface area contributed by atoms with Crippen molar-refractivity contribution in [3.05, 3.63) is 69.5 Å². The number of nitro groups is 1. The summed E-state index contributed by atoms with van der Waals surface area (Å²) in [6, 6.07) is 12.5. The SMILES string of the molecule is CN(Cc1cc(F)cc([N+](=O)[O-])c1)c1cccc(C#N)c1. The number of hydrogen-bond donors (Lipinski definition) is 0. The summed E-state index contributed by atoms with van der Waals surface area (Å²) < 4.78 is 13.4. The third kappa shape index (κ3) is 3.54. The van der Waals surface area contributed by atoms with Crippen LogP contribution in [0.4, 0.5) is 15.8 Å². The van der Waals surface area contributed by atoms with Crippen LogP contribution in [-0.4, -0.2) is 12.0 Å². The smallest absolute Gasteiger partial charge is 0.272 e. The summed E-state index contributed by atoms with van der Waals surface area (Å²) in [6.07, 6.45) is 0. The van der Waals surface area contributed by atoms with E-state index in [2.05, 4.69) is 0 Å². The van der Waals surface area contributed by atoms with Crippen molar-refractivity contribution in [3.63, 3.8) is 0 Å². The third-order valence-corrected chi connectivity index (χ3v) is 2.99. The second kappa shape index (κ2) is 6.01. The van der Waals surface area contributed by atoms with Crippen LogP contribution < -0.4 is 4.90 Å². The number of nitrogens with zero attached hydrogens (tertiary/aromatic N) is 3. The lowest BCUT2D eigenvalue weighted by molar-refractivity contribution is -0.385. The summed E-state index contributed by atoms with van der Waals surface area (Å²) in [4.78, 5) is 11.9. The molecule has 5 nitrogen and oxygen atoms in total. The monoisotopic (exact) mass is 285 g/mol. The Morgan fingerprint density at radius 3 is 2.76 bits per heavy atom. The summed E-state index contributed by atoms with van der Waals surface area (Å²) in [5.41, 5.74) is 1.52. The lowest BCUT2D eigenvalue weighted by Gasteiger charge is -2.19. The lowest BCUT2D eigenvalue weighted by Crippen LogP contribution is -2.16. The zero-order valence-electron chi connectivity index (χ0n) is 11.3. The van der Waals surface area contributed by atoms with Gasteiger partial charge in [0, 0.05) is 25.3 Å². The van der Waals surface area contributed by atoms with Gasteiger partial charge in [-0.3, -0.25) is 10.1 Å². The molecular formula is C15H12FN3O2. The average Bonchev–Trinajstić information content (AvgIpc) is 2.46. The van der Waals surface area contributed by atoms with E-state index in [1.54, 1.807) is 30.1 Å². The molecule has 0 spiro atoms. The first-order chi connectivity index (χ1) is 9.99. The van der Waals surface area contributed by atoms with Gasteiger partial charge in [-0.05, 0) is 29.8 Å². The first-order valence-corrected chi connectivity index (χ1v) is 6.15. The van der Waals surface area contributed by atoms with Crippen LogP contribution in [-0.2, 0) is 6.54 Å². The van der Waals surface area contributed by atoms with Crippen molar-refractivity contribution in [2.75, 3.05) is 11.9 Å². The van der Waals surface area contributed by atoms with Crippen LogP contribution in [0.2, 0.25) is 0 Å². The van der Waals surface area contributed by atoms with Crippen molar-refractivity contribution in [2.45, 2.75) is 6.54 Å². The van der Waals surface area contributed by atoms with Crippen LogP contribution in [0.25, 0.3) is 0 Å². The van der Waals surface area contributed by atoms with Gasteiger partial charge in [0.15, 0.2) is 0 Å². The summed E-state index contributed by atoms with van der Waals surface area (Å²) in [5.74, 6) is -0.640. The van der Waals surface area contributed by atoms with E-state index in [0.717, 1.165) is 11.8 Å². The van der Waals surface area contributed by atoms with Gasteiger partial charge in [0.05, 0.1) is 22.6 Å². The van der Waals surface area contributed by atoms with Crippen LogP contribution in [0.15, 0.2) is 42.5 Å². The molecule has 0 aliphatic carbocycles. The second-order valence-corrected chi connectivity index (χ2v) is 4.59. The van der Waals surface area contributed by atoms with Crippen molar-refractivity contribution in [1.29, 1.82) is 5.26 Å². The number of hydrogen-bond acceptors (Lipinski definition) is 4. The number of benzene rings is 2. The molecule has 0 aliphatic heterocycles. The molecule has 0 saturated carbocycles. The zero-order chi connectivity index (χ0) is 15.4. The molecule has 0 bridgehead atoms. The highest BCUT2D eigenvalue weighted by Crippen LogP contribution is 2.21. The molecule has 0 atom stereocenters. The summed E-state index contributed by atoms with van der Waals surface area (Å²) in [6.45, 7) is 0.299. The van der Waals surface area contributed by atoms with Gasteiger partial charge in [0.25, 0.3) is 5.69 Å². The van der Waals surface area contributed by atoms with Crippen molar-refractivity contribution >= 4 is 11.4 Å². The van der Waals surface area contributed by atoms with E-state index in [1.807, 2.05) is 12.1 Å². The molecule has 0 aromatic heterocycles. The molecule has 0 saturated heterocycles. The molecule has 0 fully saturated rings. The maximum atomic E-state index is 13.4. The maximum absolute atomic E-state index is 13.4. The first kappa shape index (κ1) is 14.5. The maximum Gasteiger partial charge on any atom is 0.272 e. The summed E-state index contributed by atoms with van der Waals surface area (Å²) >= 11 is 0. The Morgan fingerprint density at radius 1 is 1.33 bits per heavy atom. The molecule has 6 heteroatoms. The van der Waals surface area contributed by atoms with E-state index in [1.165, 1.54) is 12.1 Å². The minimum Gasteiger partial charge on any atom is -0.370 e. The molecule has 2 aromatic rings. The summed E-state index contributed by atoms with van der Waals surface area (Å²) in [7, 11) is 1.77. The fourth-order valence-corrected chi connectivity index (χ4v) is 2.01. The van der Waals surface area contributed by atoms with E-state index in [9.17, 15) is 14.5 Å². The second-order valence-electron chi connectivity index (χ2n) is 4.59. The van der Waals surface area contributed by atoms with Crippen molar-refractivity contribution in [1.82, 2.24) is 0 Å². The Kier molecular flexibility index (Phi) is 4.14. The highest BCUT2D eigenvalue weighted by molar-refractivity contribution is 5.51. The van der Waals surface area contributed by atoms with Crippen LogP contribution in [0, 0.1) is 27.3 Å². The number of halogens is 1. The van der Waals surface area contributed by atoms with Gasteiger partial charge in [-0.1, -0.05) is 6.07 Å². The Morgan fingerprint density at radius 2 is 2.10 bits per heavy atom. The predicted molar refractivity (Wildman–Crippen MR) is 76.3 cm³/mol. The molecule has 2 aromatic carbocycles. The number of rotatable bonds is 4. The van der Waals surface area contributed by atoms with E-state index >= 15 is 0 Å². The van der Waals surface area contributed by atoms with Gasteiger partial charge in [-0.15, -0.1) is 0 Å². The van der Waals surface area contributed by atoms with Gasteiger partial charge in [0.2, 0.25) is 0 Å². The van der Waals surface area contributed by atoms with Gasteiger partial charge in [-0.25, -0.2) is 4.39 Å². The Labute approximate surface area is 121 Å². The molecule has 0 amide bonds. The quantitative estimate of drug-likeness (QED) is 0.638. The molecule has 0 N–H and O–H groups in total. The molecular weight excluding hydrogens is 273 g/mol. The first-order valence-electron chi connectivity index (χ1n) is 6.15. The van der Waals surface area contributed by atoms with Crippen LogP contribution in [0.3, 0.4) is 0 Å². The Balaban J connectivity index is 2.25. The van der Waals surface area contributed by atoms with Crippen LogP contribution >= 0.6 is 0 Å². The number of anilines is 1. The molecule has 0 heterocycles. The molecule has 2 rings (SSSR count). The van der Waals surface area contributed by atoms with Crippen LogP contribution in [0.1, 0.15) is 11.1 Å². The largest absolute Gasteiger partial charge is 0.370 e. The van der Waals surface area contributed by atoms with Crippen LogP contribution in [0.5, 0.6) is 0 Å². The normalized spacial score (nSPS) is 9.95. The summed E-state index contributed by atoms with van der Waals surface area (Å²) in [5, 5.41) is 19.6. The molecule has 0 radical (unpaired) electrons. The minimum atomic E-state index is -0.640. The van der Waals surface area contributed by atoms with E-state index in [-0.39, 0.29) is 5.69 Å². The highest BCUT2D eigenvalue weighted by Gasteiger charge is 2.11. The standard InChI is InChI=1S/C15H12FN3O2/c1-18(14-4-2-3-11(6-14)9-17)10-12-5-13(16)8-15(7-12)19(20)21/h2-8H,10H2,1H3. The lowest BCUT2D eigenvalue weighted by atomic mass is 10.1. The number of non-ortho nitro benzene ring substituents is 1. The van der Waals surface area contributed by atoms with E-state index in [0.29, 0.717) is 17.7 Å². The van der Waals surface area contributed by atoms with Crippen molar-refractivity contribution in [3.8, 4) is 6.07 Å². The number of nitriles is 1. The van der Waals surface area contributed by atoms with E-state index in [4.69, 9.17) is 5.26 Å². The topological polar surface area (TPSA) is 70.2 Å². The van der Waals surface area contributed by atoms with Crippen molar-refractivity contribution in [2.24, 2.45) is 0 Å². The fourth-order valence-electron chi connectivity index (χ4n) is 2.01. The van der Waals surface area contributed by atoms with Gasteiger partial charge in [0.1, 0.15) is 5.82 Å². The van der Waals surface area contributed by atoms with Crippen molar-refractivity contribution < 1.29 is 9.31 Å². The van der Waals surface area contributed by atoms with E-state index < -0.39 is 10.7 Å². The van der Waals surface area contributed by atoms with Gasteiger partial charge < -0.3 is 4.90 Å². The average molecular weight is 285 g/mol. The molecule has 21 heavy (non-hydrogen) atoms. The Hall–Kier alpha value is -2.94. The predicted octanol–water partition coefficient (Wildman–Crippen LogP) is 3.24. The molecule has 0 aliphatic rings. The van der Waals surface area contributed by atoms with Gasteiger partial charge >= 0.3 is 0 Å². The molecule has 0 unspecified atom stereocenters. The minimum absolute atomic E-state index is 0.274.